The van der Waals surface area contributed by atoms with Gasteiger partial charge in [0.1, 0.15) is 11.5 Å². The second-order valence-corrected chi connectivity index (χ2v) is 6.88. The topological polar surface area (TPSA) is 43.4 Å². The molecule has 0 N–H and O–H groups in total. The lowest BCUT2D eigenvalue weighted by atomic mass is 10.1. The summed E-state index contributed by atoms with van der Waals surface area (Å²) in [5, 5.41) is 0. The van der Waals surface area contributed by atoms with Gasteiger partial charge < -0.3 is 18.9 Å². The zero-order valence-electron chi connectivity index (χ0n) is 17.2. The smallest absolute Gasteiger partial charge is 0.165 e. The van der Waals surface area contributed by atoms with Crippen molar-refractivity contribution in [2.75, 3.05) is 54.6 Å². The van der Waals surface area contributed by atoms with Gasteiger partial charge in [0.15, 0.2) is 11.5 Å². The van der Waals surface area contributed by atoms with Crippen molar-refractivity contribution in [3.63, 3.8) is 0 Å². The van der Waals surface area contributed by atoms with Crippen LogP contribution in [-0.4, -0.2) is 64.4 Å². The van der Waals surface area contributed by atoms with Gasteiger partial charge in [-0.1, -0.05) is 18.2 Å². The molecule has 0 amide bonds. The van der Waals surface area contributed by atoms with E-state index in [1.54, 1.807) is 28.4 Å². The van der Waals surface area contributed by atoms with Crippen molar-refractivity contribution >= 4 is 0 Å². The second kappa shape index (κ2) is 9.66. The van der Waals surface area contributed by atoms with Crippen LogP contribution in [0.4, 0.5) is 0 Å². The van der Waals surface area contributed by atoms with E-state index in [1.165, 1.54) is 5.56 Å². The summed E-state index contributed by atoms with van der Waals surface area (Å²) in [6, 6.07) is 12.1. The normalized spacial score (nSPS) is 15.3. The molecular formula is C22H30N2O4. The average molecular weight is 386 g/mol. The molecule has 2 aromatic rings. The number of nitrogens with zero attached hydrogens (tertiary/aromatic N) is 2. The summed E-state index contributed by atoms with van der Waals surface area (Å²) in [5.74, 6) is 3.31. The van der Waals surface area contributed by atoms with Crippen LogP contribution in [-0.2, 0) is 13.1 Å². The number of benzene rings is 2. The van der Waals surface area contributed by atoms with E-state index in [0.717, 1.165) is 67.8 Å². The molecule has 0 aliphatic carbocycles. The summed E-state index contributed by atoms with van der Waals surface area (Å²) in [7, 11) is 6.75. The second-order valence-electron chi connectivity index (χ2n) is 6.88. The maximum absolute atomic E-state index is 5.57. The minimum atomic E-state index is 0.783. The van der Waals surface area contributed by atoms with Gasteiger partial charge in [0, 0.05) is 56.5 Å². The van der Waals surface area contributed by atoms with Crippen molar-refractivity contribution in [2.24, 2.45) is 0 Å². The third-order valence-corrected chi connectivity index (χ3v) is 5.23. The Balaban J connectivity index is 1.58. The summed E-state index contributed by atoms with van der Waals surface area (Å²) in [5.41, 5.74) is 2.35. The lowest BCUT2D eigenvalue weighted by Crippen LogP contribution is -2.45. The van der Waals surface area contributed by atoms with Crippen LogP contribution < -0.4 is 18.9 Å². The maximum atomic E-state index is 5.57. The maximum Gasteiger partial charge on any atom is 0.165 e. The van der Waals surface area contributed by atoms with E-state index in [0.29, 0.717) is 0 Å². The summed E-state index contributed by atoms with van der Waals surface area (Å²) in [6.07, 6.45) is 0. The lowest BCUT2D eigenvalue weighted by molar-refractivity contribution is 0.120. The Hall–Kier alpha value is -2.44. The van der Waals surface area contributed by atoms with Gasteiger partial charge in [-0.2, -0.15) is 0 Å². The highest BCUT2D eigenvalue weighted by Gasteiger charge is 2.20. The van der Waals surface area contributed by atoms with Gasteiger partial charge in [-0.15, -0.1) is 0 Å². The standard InChI is InChI=1S/C22H30N2O4/c1-25-19-9-8-17(21(14-19)27-3)15-23-10-12-24(13-11-23)16-18-6-5-7-20(26-2)22(18)28-4/h5-9,14H,10-13,15-16H2,1-4H3. The van der Waals surface area contributed by atoms with Crippen LogP contribution in [0, 0.1) is 0 Å². The monoisotopic (exact) mass is 386 g/mol. The average Bonchev–Trinajstić information content (AvgIpc) is 2.75. The minimum absolute atomic E-state index is 0.783. The SMILES string of the molecule is COc1ccc(CN2CCN(Cc3cccc(OC)c3OC)CC2)c(OC)c1. The first-order valence-electron chi connectivity index (χ1n) is 9.54. The van der Waals surface area contributed by atoms with E-state index in [-0.39, 0.29) is 0 Å². The van der Waals surface area contributed by atoms with Gasteiger partial charge in [-0.05, 0) is 12.1 Å². The zero-order chi connectivity index (χ0) is 19.9. The van der Waals surface area contributed by atoms with Crippen LogP contribution in [0.5, 0.6) is 23.0 Å². The van der Waals surface area contributed by atoms with Crippen molar-refractivity contribution < 1.29 is 18.9 Å². The van der Waals surface area contributed by atoms with Crippen LogP contribution in [0.1, 0.15) is 11.1 Å². The number of hydrogen-bond acceptors (Lipinski definition) is 6. The first-order valence-corrected chi connectivity index (χ1v) is 9.54. The molecule has 152 valence electrons. The fourth-order valence-corrected chi connectivity index (χ4v) is 3.65. The molecule has 6 heteroatoms. The summed E-state index contributed by atoms with van der Waals surface area (Å²) < 4.78 is 21.8. The molecule has 0 unspecified atom stereocenters. The molecule has 0 radical (unpaired) electrons. The van der Waals surface area contributed by atoms with Crippen molar-refractivity contribution in [3.05, 3.63) is 47.5 Å². The molecule has 1 aliphatic heterocycles. The fraction of sp³-hybridized carbons (Fsp3) is 0.455. The highest BCUT2D eigenvalue weighted by molar-refractivity contribution is 5.46. The van der Waals surface area contributed by atoms with Gasteiger partial charge in [-0.25, -0.2) is 0 Å². The van der Waals surface area contributed by atoms with Crippen LogP contribution in [0.15, 0.2) is 36.4 Å². The van der Waals surface area contributed by atoms with Crippen LogP contribution in [0.3, 0.4) is 0 Å². The van der Waals surface area contributed by atoms with Crippen molar-refractivity contribution in [3.8, 4) is 23.0 Å². The molecule has 6 nitrogen and oxygen atoms in total. The quantitative estimate of drug-likeness (QED) is 0.695. The van der Waals surface area contributed by atoms with Gasteiger partial charge in [-0.3, -0.25) is 9.80 Å². The summed E-state index contributed by atoms with van der Waals surface area (Å²) >= 11 is 0. The molecule has 1 fully saturated rings. The highest BCUT2D eigenvalue weighted by atomic mass is 16.5. The Morgan fingerprint density at radius 3 is 1.89 bits per heavy atom. The van der Waals surface area contributed by atoms with E-state index >= 15 is 0 Å². The third-order valence-electron chi connectivity index (χ3n) is 5.23. The predicted molar refractivity (Wildman–Crippen MR) is 110 cm³/mol. The largest absolute Gasteiger partial charge is 0.497 e. The van der Waals surface area contributed by atoms with Crippen molar-refractivity contribution in [2.45, 2.75) is 13.1 Å². The highest BCUT2D eigenvalue weighted by Crippen LogP contribution is 2.32. The molecular weight excluding hydrogens is 356 g/mol. The van der Waals surface area contributed by atoms with E-state index in [4.69, 9.17) is 18.9 Å². The Bertz CT molecular complexity index is 773. The van der Waals surface area contributed by atoms with Crippen molar-refractivity contribution in [1.82, 2.24) is 9.80 Å². The van der Waals surface area contributed by atoms with Gasteiger partial charge in [0.25, 0.3) is 0 Å². The van der Waals surface area contributed by atoms with Crippen LogP contribution >= 0.6 is 0 Å². The van der Waals surface area contributed by atoms with E-state index in [2.05, 4.69) is 21.9 Å². The molecule has 0 saturated carbocycles. The molecule has 3 rings (SSSR count). The number of ether oxygens (including phenoxy) is 4. The fourth-order valence-electron chi connectivity index (χ4n) is 3.65. The van der Waals surface area contributed by atoms with Crippen molar-refractivity contribution in [1.29, 1.82) is 0 Å². The third kappa shape index (κ3) is 4.69. The Morgan fingerprint density at radius 1 is 0.679 bits per heavy atom. The molecule has 0 bridgehead atoms. The first kappa shape index (κ1) is 20.3. The Kier molecular flexibility index (Phi) is 7.01. The molecule has 0 atom stereocenters. The molecule has 1 saturated heterocycles. The number of rotatable bonds is 8. The summed E-state index contributed by atoms with van der Waals surface area (Å²) in [6.45, 7) is 5.80. The number of methoxy groups -OCH3 is 4. The molecule has 1 heterocycles. The first-order chi connectivity index (χ1) is 13.7. The van der Waals surface area contributed by atoms with Crippen LogP contribution in [0.2, 0.25) is 0 Å². The number of hydrogen-bond donors (Lipinski definition) is 0. The zero-order valence-corrected chi connectivity index (χ0v) is 17.2. The molecule has 2 aromatic carbocycles. The Morgan fingerprint density at radius 2 is 1.32 bits per heavy atom. The van der Waals surface area contributed by atoms with E-state index in [9.17, 15) is 0 Å². The van der Waals surface area contributed by atoms with Gasteiger partial charge in [0.2, 0.25) is 0 Å². The predicted octanol–water partition coefficient (Wildman–Crippen LogP) is 3.04. The molecule has 28 heavy (non-hydrogen) atoms. The molecule has 0 aromatic heterocycles. The number of piperazine rings is 1. The number of para-hydroxylation sites is 1. The summed E-state index contributed by atoms with van der Waals surface area (Å²) in [4.78, 5) is 4.92. The molecule has 0 spiro atoms. The van der Waals surface area contributed by atoms with Gasteiger partial charge in [0.05, 0.1) is 28.4 Å². The molecule has 1 aliphatic rings. The Labute approximate surface area is 167 Å². The van der Waals surface area contributed by atoms with E-state index in [1.807, 2.05) is 24.3 Å². The van der Waals surface area contributed by atoms with Crippen LogP contribution in [0.25, 0.3) is 0 Å². The van der Waals surface area contributed by atoms with E-state index < -0.39 is 0 Å². The van der Waals surface area contributed by atoms with Gasteiger partial charge >= 0.3 is 0 Å². The minimum Gasteiger partial charge on any atom is -0.497 e. The lowest BCUT2D eigenvalue weighted by Gasteiger charge is -2.35.